The Balaban J connectivity index is 2.19. The zero-order valence-electron chi connectivity index (χ0n) is 11.9. The second-order valence-corrected chi connectivity index (χ2v) is 4.99. The number of benzene rings is 1. The van der Waals surface area contributed by atoms with E-state index < -0.39 is 5.91 Å². The third-order valence-corrected chi connectivity index (χ3v) is 3.29. The van der Waals surface area contributed by atoms with Crippen LogP contribution >= 0.6 is 0 Å². The van der Waals surface area contributed by atoms with Crippen molar-refractivity contribution >= 4 is 17.5 Å². The Labute approximate surface area is 123 Å². The molecule has 0 saturated carbocycles. The van der Waals surface area contributed by atoms with Gasteiger partial charge >= 0.3 is 0 Å². The van der Waals surface area contributed by atoms with E-state index in [2.05, 4.69) is 11.4 Å². The molecule has 5 heteroatoms. The fraction of sp³-hybridized carbons (Fsp3) is 0.312. The van der Waals surface area contributed by atoms with Gasteiger partial charge in [0.05, 0.1) is 17.3 Å². The smallest absolute Gasteiger partial charge is 0.256 e. The van der Waals surface area contributed by atoms with E-state index >= 15 is 0 Å². The number of nitrogens with one attached hydrogen (secondary N) is 1. The van der Waals surface area contributed by atoms with Crippen LogP contribution in [0.4, 0.5) is 5.69 Å². The van der Waals surface area contributed by atoms with Gasteiger partial charge in [0.25, 0.3) is 5.91 Å². The van der Waals surface area contributed by atoms with E-state index in [0.29, 0.717) is 24.3 Å². The maximum Gasteiger partial charge on any atom is 0.256 e. The van der Waals surface area contributed by atoms with Crippen LogP contribution in [0, 0.1) is 11.3 Å². The van der Waals surface area contributed by atoms with Crippen LogP contribution < -0.4 is 5.32 Å². The minimum atomic E-state index is -0.410. The first-order valence-electron chi connectivity index (χ1n) is 6.82. The molecule has 0 bridgehead atoms. The first-order chi connectivity index (χ1) is 10.1. The summed E-state index contributed by atoms with van der Waals surface area (Å²) in [5.41, 5.74) is 2.08. The number of amides is 2. The van der Waals surface area contributed by atoms with E-state index in [1.54, 1.807) is 35.2 Å². The summed E-state index contributed by atoms with van der Waals surface area (Å²) in [7, 11) is 0. The largest absolute Gasteiger partial charge is 0.334 e. The number of carbonyl (C=O) groups excluding carboxylic acids is 2. The lowest BCUT2D eigenvalue weighted by Gasteiger charge is -2.27. The molecule has 5 nitrogen and oxygen atoms in total. The molecule has 0 atom stereocenters. The number of para-hydroxylation sites is 1. The summed E-state index contributed by atoms with van der Waals surface area (Å²) in [5.74, 6) is -0.511. The van der Waals surface area contributed by atoms with Crippen LogP contribution in [0.2, 0.25) is 0 Å². The van der Waals surface area contributed by atoms with E-state index in [4.69, 9.17) is 5.26 Å². The lowest BCUT2D eigenvalue weighted by atomic mass is 10.1. The molecule has 0 spiro atoms. The average molecular weight is 283 g/mol. The molecule has 0 aromatic heterocycles. The normalized spacial score (nSPS) is 14.1. The fourth-order valence-electron chi connectivity index (χ4n) is 2.30. The topological polar surface area (TPSA) is 73.2 Å². The van der Waals surface area contributed by atoms with Crippen LogP contribution in [-0.4, -0.2) is 29.8 Å². The summed E-state index contributed by atoms with van der Waals surface area (Å²) in [5, 5.41) is 11.2. The van der Waals surface area contributed by atoms with E-state index in [9.17, 15) is 9.59 Å². The van der Waals surface area contributed by atoms with Gasteiger partial charge in [-0.1, -0.05) is 23.8 Å². The monoisotopic (exact) mass is 283 g/mol. The zero-order chi connectivity index (χ0) is 15.2. The number of carbonyl (C=O) groups is 2. The molecule has 1 aromatic rings. The van der Waals surface area contributed by atoms with Crippen molar-refractivity contribution in [2.24, 2.45) is 0 Å². The van der Waals surface area contributed by atoms with Crippen LogP contribution in [-0.2, 0) is 4.79 Å². The molecule has 0 aliphatic carbocycles. The van der Waals surface area contributed by atoms with Crippen LogP contribution in [0.3, 0.4) is 0 Å². The number of hydrogen-bond donors (Lipinski definition) is 1. The molecule has 0 fully saturated rings. The van der Waals surface area contributed by atoms with Crippen molar-refractivity contribution in [2.45, 2.75) is 19.8 Å². The molecule has 1 aliphatic heterocycles. The lowest BCUT2D eigenvalue weighted by Crippen LogP contribution is -2.35. The molecule has 1 heterocycles. The third-order valence-electron chi connectivity index (χ3n) is 3.29. The second kappa shape index (κ2) is 6.71. The van der Waals surface area contributed by atoms with Crippen molar-refractivity contribution in [3.05, 3.63) is 41.5 Å². The fourth-order valence-corrected chi connectivity index (χ4v) is 2.30. The number of hydrogen-bond acceptors (Lipinski definition) is 3. The molecular weight excluding hydrogens is 266 g/mol. The second-order valence-electron chi connectivity index (χ2n) is 4.99. The van der Waals surface area contributed by atoms with E-state index in [-0.39, 0.29) is 12.3 Å². The SMILES string of the molecule is CC1=CCCN(C(=O)c2ccccc2NC(=O)CC#N)C1. The summed E-state index contributed by atoms with van der Waals surface area (Å²) >= 11 is 0. The Morgan fingerprint density at radius 3 is 2.86 bits per heavy atom. The minimum absolute atomic E-state index is 0.102. The average Bonchev–Trinajstić information content (AvgIpc) is 2.47. The van der Waals surface area contributed by atoms with E-state index in [1.807, 2.05) is 6.92 Å². The molecule has 0 radical (unpaired) electrons. The molecule has 1 N–H and O–H groups in total. The number of anilines is 1. The van der Waals surface area contributed by atoms with Crippen molar-refractivity contribution < 1.29 is 9.59 Å². The van der Waals surface area contributed by atoms with Crippen molar-refractivity contribution in [1.82, 2.24) is 4.90 Å². The van der Waals surface area contributed by atoms with Crippen LogP contribution in [0.25, 0.3) is 0 Å². The van der Waals surface area contributed by atoms with Gasteiger partial charge in [-0.3, -0.25) is 9.59 Å². The van der Waals surface area contributed by atoms with Crippen molar-refractivity contribution in [2.75, 3.05) is 18.4 Å². The third kappa shape index (κ3) is 3.69. The quantitative estimate of drug-likeness (QED) is 0.865. The highest BCUT2D eigenvalue weighted by Crippen LogP contribution is 2.20. The Hall–Kier alpha value is -2.61. The maximum absolute atomic E-state index is 12.6. The van der Waals surface area contributed by atoms with Gasteiger partial charge in [0, 0.05) is 13.1 Å². The van der Waals surface area contributed by atoms with Gasteiger partial charge in [-0.15, -0.1) is 0 Å². The molecular formula is C16H17N3O2. The zero-order valence-corrected chi connectivity index (χ0v) is 11.9. The first kappa shape index (κ1) is 14.8. The van der Waals surface area contributed by atoms with Gasteiger partial charge in [0.2, 0.25) is 5.91 Å². The van der Waals surface area contributed by atoms with Crippen molar-refractivity contribution in [1.29, 1.82) is 5.26 Å². The summed E-state index contributed by atoms with van der Waals surface area (Å²) in [6.07, 6.45) is 2.75. The van der Waals surface area contributed by atoms with Gasteiger partial charge in [-0.2, -0.15) is 5.26 Å². The highest BCUT2D eigenvalue weighted by atomic mass is 16.2. The van der Waals surface area contributed by atoms with Crippen molar-refractivity contribution in [3.8, 4) is 6.07 Å². The highest BCUT2D eigenvalue weighted by molar-refractivity contribution is 6.04. The molecule has 2 amide bonds. The predicted molar refractivity (Wildman–Crippen MR) is 79.6 cm³/mol. The van der Waals surface area contributed by atoms with Crippen LogP contribution in [0.1, 0.15) is 30.1 Å². The number of nitriles is 1. The summed E-state index contributed by atoms with van der Waals surface area (Å²) in [6.45, 7) is 3.29. The Morgan fingerprint density at radius 1 is 1.38 bits per heavy atom. The highest BCUT2D eigenvalue weighted by Gasteiger charge is 2.21. The number of nitrogens with zero attached hydrogens (tertiary/aromatic N) is 2. The van der Waals surface area contributed by atoms with Gasteiger partial charge in [-0.05, 0) is 25.5 Å². The summed E-state index contributed by atoms with van der Waals surface area (Å²) < 4.78 is 0. The van der Waals surface area contributed by atoms with Gasteiger partial charge in [0.1, 0.15) is 6.42 Å². The van der Waals surface area contributed by atoms with Gasteiger partial charge in [-0.25, -0.2) is 0 Å². The molecule has 0 saturated heterocycles. The summed E-state index contributed by atoms with van der Waals surface area (Å²) in [4.78, 5) is 25.9. The van der Waals surface area contributed by atoms with E-state index in [1.165, 1.54) is 5.57 Å². The van der Waals surface area contributed by atoms with E-state index in [0.717, 1.165) is 6.42 Å². The standard InChI is InChI=1S/C16H17N3O2/c1-12-5-4-10-19(11-12)16(21)13-6-2-3-7-14(13)18-15(20)8-9-17/h2-3,5-7H,4,8,10-11H2,1H3,(H,18,20). The molecule has 1 aromatic carbocycles. The Morgan fingerprint density at radius 2 is 2.14 bits per heavy atom. The predicted octanol–water partition coefficient (Wildman–Crippen LogP) is 2.33. The summed E-state index contributed by atoms with van der Waals surface area (Å²) in [6, 6.07) is 8.67. The van der Waals surface area contributed by atoms with Gasteiger partial charge in [0.15, 0.2) is 0 Å². The Kier molecular flexibility index (Phi) is 4.72. The molecule has 0 unspecified atom stereocenters. The maximum atomic E-state index is 12.6. The molecule has 1 aliphatic rings. The Bertz CT molecular complexity index is 629. The lowest BCUT2D eigenvalue weighted by molar-refractivity contribution is -0.115. The molecule has 2 rings (SSSR count). The van der Waals surface area contributed by atoms with Gasteiger partial charge < -0.3 is 10.2 Å². The molecule has 108 valence electrons. The molecule has 21 heavy (non-hydrogen) atoms. The first-order valence-corrected chi connectivity index (χ1v) is 6.82. The van der Waals surface area contributed by atoms with Crippen LogP contribution in [0.5, 0.6) is 0 Å². The van der Waals surface area contributed by atoms with Crippen LogP contribution in [0.15, 0.2) is 35.9 Å². The minimum Gasteiger partial charge on any atom is -0.334 e. The van der Waals surface area contributed by atoms with Crippen molar-refractivity contribution in [3.63, 3.8) is 0 Å². The number of rotatable bonds is 3.